The van der Waals surface area contributed by atoms with Crippen molar-refractivity contribution < 1.29 is 4.74 Å². The zero-order valence-corrected chi connectivity index (χ0v) is 10.5. The monoisotopic (exact) mass is 223 g/mol. The summed E-state index contributed by atoms with van der Waals surface area (Å²) in [4.78, 5) is 0. The first kappa shape index (κ1) is 11.0. The van der Waals surface area contributed by atoms with E-state index in [1.165, 1.54) is 51.4 Å². The zero-order valence-electron chi connectivity index (χ0n) is 10.5. The van der Waals surface area contributed by atoms with Crippen molar-refractivity contribution in [3.63, 3.8) is 0 Å². The molecule has 16 heavy (non-hydrogen) atoms. The highest BCUT2D eigenvalue weighted by Gasteiger charge is 2.45. The van der Waals surface area contributed by atoms with Crippen molar-refractivity contribution in [1.82, 2.24) is 5.32 Å². The van der Waals surface area contributed by atoms with Crippen LogP contribution in [0.4, 0.5) is 0 Å². The highest BCUT2D eigenvalue weighted by atomic mass is 16.5. The molecule has 92 valence electrons. The van der Waals surface area contributed by atoms with Crippen molar-refractivity contribution in [1.29, 1.82) is 0 Å². The summed E-state index contributed by atoms with van der Waals surface area (Å²) in [5, 5.41) is 3.87. The Bertz CT molecular complexity index is 249. The van der Waals surface area contributed by atoms with Crippen LogP contribution >= 0.6 is 0 Å². The van der Waals surface area contributed by atoms with E-state index in [0.29, 0.717) is 5.60 Å². The standard InChI is InChI=1S/C14H25NO/c1-2-4-11-9-13(11)15-12-5-8-16-14(10-12)6-3-7-14/h11-13,15H,2-10H2,1H3. The summed E-state index contributed by atoms with van der Waals surface area (Å²) in [6.45, 7) is 3.29. The summed E-state index contributed by atoms with van der Waals surface area (Å²) in [6.07, 6.45) is 10.7. The Morgan fingerprint density at radius 2 is 2.25 bits per heavy atom. The molecular weight excluding hydrogens is 198 g/mol. The highest BCUT2D eigenvalue weighted by molar-refractivity contribution is 5.00. The van der Waals surface area contributed by atoms with E-state index in [4.69, 9.17) is 4.74 Å². The second-order valence-electron chi connectivity index (χ2n) is 6.13. The van der Waals surface area contributed by atoms with E-state index in [-0.39, 0.29) is 0 Å². The molecule has 1 aliphatic heterocycles. The van der Waals surface area contributed by atoms with Crippen molar-refractivity contribution in [2.75, 3.05) is 6.61 Å². The van der Waals surface area contributed by atoms with Gasteiger partial charge in [-0.3, -0.25) is 0 Å². The maximum atomic E-state index is 5.97. The lowest BCUT2D eigenvalue weighted by molar-refractivity contribution is -0.135. The van der Waals surface area contributed by atoms with Crippen molar-refractivity contribution in [3.05, 3.63) is 0 Å². The first-order chi connectivity index (χ1) is 7.81. The topological polar surface area (TPSA) is 21.3 Å². The average Bonchev–Trinajstić information content (AvgIpc) is 2.95. The number of hydrogen-bond acceptors (Lipinski definition) is 2. The van der Waals surface area contributed by atoms with Gasteiger partial charge in [-0.05, 0) is 50.9 Å². The second kappa shape index (κ2) is 4.30. The first-order valence-electron chi connectivity index (χ1n) is 7.21. The van der Waals surface area contributed by atoms with Gasteiger partial charge in [0.1, 0.15) is 0 Å². The van der Waals surface area contributed by atoms with Crippen molar-refractivity contribution in [2.24, 2.45) is 5.92 Å². The fourth-order valence-electron chi connectivity index (χ4n) is 3.53. The van der Waals surface area contributed by atoms with Crippen LogP contribution in [0.3, 0.4) is 0 Å². The lowest BCUT2D eigenvalue weighted by atomic mass is 9.74. The minimum atomic E-state index is 0.311. The van der Waals surface area contributed by atoms with Gasteiger partial charge >= 0.3 is 0 Å². The average molecular weight is 223 g/mol. The van der Waals surface area contributed by atoms with E-state index >= 15 is 0 Å². The van der Waals surface area contributed by atoms with Gasteiger partial charge in [-0.1, -0.05) is 13.3 Å². The molecule has 2 saturated carbocycles. The molecule has 1 spiro atoms. The third-order valence-corrected chi connectivity index (χ3v) is 4.79. The van der Waals surface area contributed by atoms with Gasteiger partial charge in [0.2, 0.25) is 0 Å². The van der Waals surface area contributed by atoms with Gasteiger partial charge in [-0.25, -0.2) is 0 Å². The van der Waals surface area contributed by atoms with Crippen LogP contribution in [0.15, 0.2) is 0 Å². The van der Waals surface area contributed by atoms with Crippen LogP contribution in [0, 0.1) is 5.92 Å². The van der Waals surface area contributed by atoms with Gasteiger partial charge in [0.25, 0.3) is 0 Å². The molecule has 2 aliphatic carbocycles. The minimum absolute atomic E-state index is 0.311. The Kier molecular flexibility index (Phi) is 2.97. The molecule has 3 atom stereocenters. The normalized spacial score (nSPS) is 40.7. The predicted molar refractivity (Wildman–Crippen MR) is 65.5 cm³/mol. The van der Waals surface area contributed by atoms with Crippen LogP contribution in [0.1, 0.15) is 58.3 Å². The molecule has 3 rings (SSSR count). The lowest BCUT2D eigenvalue weighted by Crippen LogP contribution is -2.51. The van der Waals surface area contributed by atoms with Crippen molar-refractivity contribution in [3.8, 4) is 0 Å². The third-order valence-electron chi connectivity index (χ3n) is 4.79. The summed E-state index contributed by atoms with van der Waals surface area (Å²) in [6, 6.07) is 1.60. The second-order valence-corrected chi connectivity index (χ2v) is 6.13. The SMILES string of the molecule is CCCC1CC1NC1CCOC2(CCC2)C1. The summed E-state index contributed by atoms with van der Waals surface area (Å²) in [5.41, 5.74) is 0.311. The predicted octanol–water partition coefficient (Wildman–Crippen LogP) is 2.87. The van der Waals surface area contributed by atoms with Gasteiger partial charge in [-0.15, -0.1) is 0 Å². The van der Waals surface area contributed by atoms with Gasteiger partial charge in [0.05, 0.1) is 5.60 Å². The number of nitrogens with one attached hydrogen (secondary N) is 1. The van der Waals surface area contributed by atoms with Gasteiger partial charge in [0.15, 0.2) is 0 Å². The molecule has 3 unspecified atom stereocenters. The molecule has 3 aliphatic rings. The summed E-state index contributed by atoms with van der Waals surface area (Å²) in [7, 11) is 0. The third kappa shape index (κ3) is 2.14. The van der Waals surface area contributed by atoms with Crippen molar-refractivity contribution in [2.45, 2.75) is 76.0 Å². The quantitative estimate of drug-likeness (QED) is 0.791. The molecular formula is C14H25NO. The number of rotatable bonds is 4. The highest BCUT2D eigenvalue weighted by Crippen LogP contribution is 2.43. The number of hydrogen-bond donors (Lipinski definition) is 1. The Labute approximate surface area is 99.1 Å². The summed E-state index contributed by atoms with van der Waals surface area (Å²) >= 11 is 0. The molecule has 0 radical (unpaired) electrons. The van der Waals surface area contributed by atoms with Crippen LogP contribution in [-0.2, 0) is 4.74 Å². The molecule has 3 fully saturated rings. The van der Waals surface area contributed by atoms with Gasteiger partial charge in [-0.2, -0.15) is 0 Å². The van der Waals surface area contributed by atoms with E-state index in [1.807, 2.05) is 0 Å². The van der Waals surface area contributed by atoms with Crippen LogP contribution in [0.5, 0.6) is 0 Å². The van der Waals surface area contributed by atoms with E-state index in [9.17, 15) is 0 Å². The number of ether oxygens (including phenoxy) is 1. The van der Waals surface area contributed by atoms with Crippen LogP contribution in [0.25, 0.3) is 0 Å². The Balaban J connectivity index is 1.45. The van der Waals surface area contributed by atoms with Gasteiger partial charge < -0.3 is 10.1 Å². The fourth-order valence-corrected chi connectivity index (χ4v) is 3.53. The first-order valence-corrected chi connectivity index (χ1v) is 7.21. The fraction of sp³-hybridized carbons (Fsp3) is 1.00. The Morgan fingerprint density at radius 3 is 2.94 bits per heavy atom. The van der Waals surface area contributed by atoms with E-state index < -0.39 is 0 Å². The molecule has 1 N–H and O–H groups in total. The molecule has 0 aromatic rings. The molecule has 0 amide bonds. The Morgan fingerprint density at radius 1 is 1.38 bits per heavy atom. The molecule has 0 aromatic carbocycles. The summed E-state index contributed by atoms with van der Waals surface area (Å²) < 4.78 is 5.97. The Hall–Kier alpha value is -0.0800. The molecule has 2 heteroatoms. The van der Waals surface area contributed by atoms with Crippen molar-refractivity contribution >= 4 is 0 Å². The van der Waals surface area contributed by atoms with Crippen LogP contribution in [-0.4, -0.2) is 24.3 Å². The van der Waals surface area contributed by atoms with E-state index in [0.717, 1.165) is 24.6 Å². The van der Waals surface area contributed by atoms with Crippen LogP contribution in [0.2, 0.25) is 0 Å². The van der Waals surface area contributed by atoms with Crippen LogP contribution < -0.4 is 5.32 Å². The molecule has 1 heterocycles. The minimum Gasteiger partial charge on any atom is -0.375 e. The molecule has 0 aromatic heterocycles. The zero-order chi connectivity index (χ0) is 11.0. The van der Waals surface area contributed by atoms with E-state index in [1.54, 1.807) is 0 Å². The molecule has 1 saturated heterocycles. The smallest absolute Gasteiger partial charge is 0.0697 e. The van der Waals surface area contributed by atoms with Gasteiger partial charge in [0, 0.05) is 18.7 Å². The maximum absolute atomic E-state index is 5.97. The van der Waals surface area contributed by atoms with E-state index in [2.05, 4.69) is 12.2 Å². The molecule has 2 nitrogen and oxygen atoms in total. The lowest BCUT2D eigenvalue weighted by Gasteiger charge is -2.47. The summed E-state index contributed by atoms with van der Waals surface area (Å²) in [5.74, 6) is 0.991. The largest absolute Gasteiger partial charge is 0.375 e. The maximum Gasteiger partial charge on any atom is 0.0697 e. The molecule has 0 bridgehead atoms.